The maximum absolute atomic E-state index is 5.19. The molecule has 0 aliphatic carbocycles. The molecule has 3 heteroatoms. The molecule has 0 bridgehead atoms. The number of hydrogen-bond donors (Lipinski definition) is 0. The molecule has 0 unspecified atom stereocenters. The number of benzene rings is 1. The van der Waals surface area contributed by atoms with Gasteiger partial charge in [-0.05, 0) is 24.3 Å². The average molecular weight is 217 g/mol. The maximum Gasteiger partial charge on any atom is 0.227 e. The third-order valence-electron chi connectivity index (χ3n) is 1.90. The van der Waals surface area contributed by atoms with Gasteiger partial charge in [0, 0.05) is 11.1 Å². The molecule has 2 aromatic rings. The van der Waals surface area contributed by atoms with Crippen LogP contribution in [0.4, 0.5) is 0 Å². The monoisotopic (exact) mass is 217 g/mol. The van der Waals surface area contributed by atoms with Crippen LogP contribution in [0.15, 0.2) is 58.5 Å². The first-order valence-electron chi connectivity index (χ1n) is 4.62. The summed E-state index contributed by atoms with van der Waals surface area (Å²) >= 11 is 1.65. The van der Waals surface area contributed by atoms with Crippen molar-refractivity contribution in [3.05, 3.63) is 48.7 Å². The molecule has 0 radical (unpaired) electrons. The predicted molar refractivity (Wildman–Crippen MR) is 61.4 cm³/mol. The summed E-state index contributed by atoms with van der Waals surface area (Å²) in [4.78, 5) is 6.37. The molecule has 0 spiro atoms. The molecule has 0 aliphatic heterocycles. The van der Waals surface area contributed by atoms with Crippen molar-refractivity contribution in [2.75, 3.05) is 7.11 Å². The van der Waals surface area contributed by atoms with Gasteiger partial charge in [-0.3, -0.25) is 0 Å². The van der Waals surface area contributed by atoms with Crippen LogP contribution in [-0.2, 0) is 0 Å². The van der Waals surface area contributed by atoms with Crippen molar-refractivity contribution in [1.29, 1.82) is 0 Å². The molecule has 0 saturated carbocycles. The Morgan fingerprint density at radius 2 is 1.87 bits per heavy atom. The van der Waals surface area contributed by atoms with E-state index >= 15 is 0 Å². The van der Waals surface area contributed by atoms with Gasteiger partial charge in [-0.1, -0.05) is 30.0 Å². The summed E-state index contributed by atoms with van der Waals surface area (Å²) in [6.07, 6.45) is 1.73. The van der Waals surface area contributed by atoms with Gasteiger partial charge >= 0.3 is 0 Å². The summed E-state index contributed by atoms with van der Waals surface area (Å²) in [6.45, 7) is 0. The van der Waals surface area contributed by atoms with Gasteiger partial charge in [0.2, 0.25) is 5.88 Å². The van der Waals surface area contributed by atoms with Gasteiger partial charge in [0.05, 0.1) is 12.0 Å². The van der Waals surface area contributed by atoms with E-state index in [-0.39, 0.29) is 0 Å². The van der Waals surface area contributed by atoms with E-state index < -0.39 is 0 Å². The summed E-state index contributed by atoms with van der Waals surface area (Å²) in [5.41, 5.74) is 0. The lowest BCUT2D eigenvalue weighted by Crippen LogP contribution is -1.88. The fourth-order valence-electron chi connectivity index (χ4n) is 1.22. The minimum Gasteiger partial charge on any atom is -0.480 e. The zero-order valence-corrected chi connectivity index (χ0v) is 9.20. The lowest BCUT2D eigenvalue weighted by Gasteiger charge is -2.05. The highest BCUT2D eigenvalue weighted by molar-refractivity contribution is 7.99. The number of hydrogen-bond acceptors (Lipinski definition) is 3. The standard InChI is InChI=1S/C12H11NOS/c1-14-12-11(8-5-9-13-12)15-10-6-3-2-4-7-10/h2-9H,1H3. The molecular weight excluding hydrogens is 206 g/mol. The van der Waals surface area contributed by atoms with E-state index in [1.54, 1.807) is 25.1 Å². The lowest BCUT2D eigenvalue weighted by molar-refractivity contribution is 0.387. The topological polar surface area (TPSA) is 22.1 Å². The Morgan fingerprint density at radius 3 is 2.60 bits per heavy atom. The zero-order valence-electron chi connectivity index (χ0n) is 8.38. The molecule has 2 rings (SSSR count). The van der Waals surface area contributed by atoms with Crippen LogP contribution in [0.25, 0.3) is 0 Å². The number of aromatic nitrogens is 1. The third-order valence-corrected chi connectivity index (χ3v) is 2.94. The van der Waals surface area contributed by atoms with Crippen LogP contribution >= 0.6 is 11.8 Å². The van der Waals surface area contributed by atoms with Gasteiger partial charge in [0.25, 0.3) is 0 Å². The molecule has 1 heterocycles. The first kappa shape index (κ1) is 10.1. The van der Waals surface area contributed by atoms with Crippen molar-refractivity contribution in [2.45, 2.75) is 9.79 Å². The quantitative estimate of drug-likeness (QED) is 0.788. The molecule has 76 valence electrons. The third kappa shape index (κ3) is 2.50. The number of nitrogens with zero attached hydrogens (tertiary/aromatic N) is 1. The summed E-state index contributed by atoms with van der Waals surface area (Å²) in [5, 5.41) is 0. The van der Waals surface area contributed by atoms with Crippen molar-refractivity contribution >= 4 is 11.8 Å². The Bertz CT molecular complexity index is 431. The highest BCUT2D eigenvalue weighted by Crippen LogP contribution is 2.32. The number of ether oxygens (including phenoxy) is 1. The Morgan fingerprint density at radius 1 is 1.07 bits per heavy atom. The van der Waals surface area contributed by atoms with Crippen LogP contribution in [0.3, 0.4) is 0 Å². The smallest absolute Gasteiger partial charge is 0.227 e. The fraction of sp³-hybridized carbons (Fsp3) is 0.0833. The molecule has 0 amide bonds. The van der Waals surface area contributed by atoms with Gasteiger partial charge in [0.1, 0.15) is 0 Å². The Hall–Kier alpha value is -1.48. The molecule has 0 N–H and O–H groups in total. The van der Waals surface area contributed by atoms with E-state index in [0.29, 0.717) is 5.88 Å². The normalized spacial score (nSPS) is 9.93. The molecule has 0 atom stereocenters. The Labute approximate surface area is 93.3 Å². The Balaban J connectivity index is 2.24. The number of rotatable bonds is 3. The van der Waals surface area contributed by atoms with Crippen LogP contribution in [-0.4, -0.2) is 12.1 Å². The molecule has 0 fully saturated rings. The van der Waals surface area contributed by atoms with Crippen molar-refractivity contribution in [2.24, 2.45) is 0 Å². The second-order valence-corrected chi connectivity index (χ2v) is 4.04. The Kier molecular flexibility index (Phi) is 3.25. The van der Waals surface area contributed by atoms with Crippen molar-refractivity contribution in [3.63, 3.8) is 0 Å². The van der Waals surface area contributed by atoms with E-state index in [4.69, 9.17) is 4.74 Å². The van der Waals surface area contributed by atoms with E-state index in [2.05, 4.69) is 17.1 Å². The van der Waals surface area contributed by atoms with Gasteiger partial charge < -0.3 is 4.74 Å². The first-order chi connectivity index (χ1) is 7.40. The van der Waals surface area contributed by atoms with Gasteiger partial charge in [-0.25, -0.2) is 4.98 Å². The summed E-state index contributed by atoms with van der Waals surface area (Å²) < 4.78 is 5.19. The second-order valence-electron chi connectivity index (χ2n) is 2.93. The SMILES string of the molecule is COc1ncccc1Sc1ccccc1. The summed E-state index contributed by atoms with van der Waals surface area (Å²) in [5.74, 6) is 0.673. The molecule has 1 aromatic heterocycles. The van der Waals surface area contributed by atoms with E-state index in [1.807, 2.05) is 30.3 Å². The predicted octanol–water partition coefficient (Wildman–Crippen LogP) is 3.24. The van der Waals surface area contributed by atoms with Crippen LogP contribution in [0.1, 0.15) is 0 Å². The second kappa shape index (κ2) is 4.84. The molecule has 0 aliphatic rings. The minimum atomic E-state index is 0.673. The summed E-state index contributed by atoms with van der Waals surface area (Å²) in [7, 11) is 1.64. The van der Waals surface area contributed by atoms with E-state index in [1.165, 1.54) is 4.90 Å². The van der Waals surface area contributed by atoms with Crippen LogP contribution in [0.2, 0.25) is 0 Å². The average Bonchev–Trinajstić information content (AvgIpc) is 2.31. The first-order valence-corrected chi connectivity index (χ1v) is 5.43. The van der Waals surface area contributed by atoms with Crippen LogP contribution < -0.4 is 4.74 Å². The lowest BCUT2D eigenvalue weighted by atomic mass is 10.4. The molecular formula is C12H11NOS. The van der Waals surface area contributed by atoms with Crippen molar-refractivity contribution in [1.82, 2.24) is 4.98 Å². The van der Waals surface area contributed by atoms with Crippen LogP contribution in [0.5, 0.6) is 5.88 Å². The van der Waals surface area contributed by atoms with E-state index in [9.17, 15) is 0 Å². The molecule has 2 nitrogen and oxygen atoms in total. The fourth-order valence-corrected chi connectivity index (χ4v) is 2.14. The largest absolute Gasteiger partial charge is 0.480 e. The number of methoxy groups -OCH3 is 1. The minimum absolute atomic E-state index is 0.673. The van der Waals surface area contributed by atoms with E-state index in [0.717, 1.165) is 4.90 Å². The van der Waals surface area contributed by atoms with Gasteiger partial charge in [-0.2, -0.15) is 0 Å². The maximum atomic E-state index is 5.19. The number of pyridine rings is 1. The molecule has 0 saturated heterocycles. The van der Waals surface area contributed by atoms with Crippen molar-refractivity contribution < 1.29 is 4.74 Å². The van der Waals surface area contributed by atoms with Crippen molar-refractivity contribution in [3.8, 4) is 5.88 Å². The highest BCUT2D eigenvalue weighted by Gasteiger charge is 2.04. The summed E-state index contributed by atoms with van der Waals surface area (Å²) in [6, 6.07) is 14.1. The highest BCUT2D eigenvalue weighted by atomic mass is 32.2. The van der Waals surface area contributed by atoms with Gasteiger partial charge in [0.15, 0.2) is 0 Å². The molecule has 15 heavy (non-hydrogen) atoms. The van der Waals surface area contributed by atoms with Gasteiger partial charge in [-0.15, -0.1) is 0 Å². The zero-order chi connectivity index (χ0) is 10.5. The van der Waals surface area contributed by atoms with Crippen LogP contribution in [0, 0.1) is 0 Å². The molecule has 1 aromatic carbocycles.